The maximum Gasteiger partial charge on any atom is 0.176 e. The summed E-state index contributed by atoms with van der Waals surface area (Å²) in [5, 5.41) is 0. The Balaban J connectivity index is 1.66. The highest BCUT2D eigenvalue weighted by Crippen LogP contribution is 2.16. The Morgan fingerprint density at radius 3 is 2.73 bits per heavy atom. The Morgan fingerprint density at radius 2 is 2.00 bits per heavy atom. The van der Waals surface area contributed by atoms with Crippen LogP contribution in [-0.2, 0) is 10.8 Å². The zero-order valence-corrected chi connectivity index (χ0v) is 10.5. The van der Waals surface area contributed by atoms with Crippen LogP contribution < -0.4 is 0 Å². The van der Waals surface area contributed by atoms with Crippen molar-refractivity contribution in [2.45, 2.75) is 37.8 Å². The van der Waals surface area contributed by atoms with Crippen LogP contribution >= 0.6 is 0 Å². The van der Waals surface area contributed by atoms with Crippen LogP contribution in [0.25, 0.3) is 0 Å². The average Bonchev–Trinajstić information content (AvgIpc) is 2.32. The van der Waals surface area contributed by atoms with Crippen LogP contribution in [0.15, 0.2) is 30.3 Å². The molecule has 1 aliphatic rings. The zero-order chi connectivity index (χ0) is 10.3. The molecule has 82 valence electrons. The molecule has 2 rings (SSSR count). The summed E-state index contributed by atoms with van der Waals surface area (Å²) >= 11 is 0. The fraction of sp³-hybridized carbons (Fsp3) is 0.538. The smallest absolute Gasteiger partial charge is 0.176 e. The third-order valence-corrected chi connectivity index (χ3v) is 5.92. The van der Waals surface area contributed by atoms with Gasteiger partial charge in [-0.1, -0.05) is 36.8 Å². The van der Waals surface area contributed by atoms with Gasteiger partial charge in [-0.3, -0.25) is 0 Å². The molecule has 0 bridgehead atoms. The second-order valence-corrected chi connectivity index (χ2v) is 7.10. The second-order valence-electron chi connectivity index (χ2n) is 4.37. The Morgan fingerprint density at radius 1 is 1.13 bits per heavy atom. The monoisotopic (exact) mass is 220 g/mol. The summed E-state index contributed by atoms with van der Waals surface area (Å²) in [5.74, 6) is 0. The van der Waals surface area contributed by atoms with Crippen molar-refractivity contribution in [2.75, 3.05) is 6.61 Å². The summed E-state index contributed by atoms with van der Waals surface area (Å²) in [4.78, 5) is 0. The standard InChI is InChI=1S/C13H20OSi/c1-2-7-13(8-3-1)9-6-12-15-11-5-4-10-14-15/h1-3,7-8,15H,4-6,9-12H2. The van der Waals surface area contributed by atoms with Crippen molar-refractivity contribution < 1.29 is 4.43 Å². The molecule has 0 amide bonds. The van der Waals surface area contributed by atoms with E-state index in [9.17, 15) is 0 Å². The molecule has 1 atom stereocenters. The molecule has 0 aliphatic carbocycles. The van der Waals surface area contributed by atoms with Crippen LogP contribution in [-0.4, -0.2) is 15.6 Å². The first-order valence-corrected chi connectivity index (χ1v) is 8.21. The summed E-state index contributed by atoms with van der Waals surface area (Å²) in [6.45, 7) is 1.04. The maximum atomic E-state index is 5.85. The lowest BCUT2D eigenvalue weighted by Crippen LogP contribution is -2.22. The van der Waals surface area contributed by atoms with Gasteiger partial charge in [-0.25, -0.2) is 0 Å². The van der Waals surface area contributed by atoms with Gasteiger partial charge in [-0.15, -0.1) is 0 Å². The SMILES string of the molecule is c1ccc(CCC[SiH]2CCCCO2)cc1. The molecule has 1 unspecified atom stereocenters. The van der Waals surface area contributed by atoms with Gasteiger partial charge in [-0.05, 0) is 36.9 Å². The molecule has 1 fully saturated rings. The first-order valence-electron chi connectivity index (χ1n) is 6.11. The molecule has 0 spiro atoms. The van der Waals surface area contributed by atoms with Gasteiger partial charge in [0, 0.05) is 6.61 Å². The summed E-state index contributed by atoms with van der Waals surface area (Å²) in [5.41, 5.74) is 1.47. The predicted molar refractivity (Wildman–Crippen MR) is 66.7 cm³/mol. The first-order chi connectivity index (χ1) is 7.45. The lowest BCUT2D eigenvalue weighted by Gasteiger charge is -2.20. The van der Waals surface area contributed by atoms with E-state index in [4.69, 9.17) is 4.43 Å². The van der Waals surface area contributed by atoms with Crippen LogP contribution in [0.4, 0.5) is 0 Å². The van der Waals surface area contributed by atoms with Gasteiger partial charge in [-0.2, -0.15) is 0 Å². The van der Waals surface area contributed by atoms with Crippen molar-refractivity contribution in [3.8, 4) is 0 Å². The third-order valence-electron chi connectivity index (χ3n) is 3.11. The highest BCUT2D eigenvalue weighted by atomic mass is 28.3. The normalized spacial score (nSPS) is 21.5. The van der Waals surface area contributed by atoms with Gasteiger partial charge in [0.2, 0.25) is 0 Å². The van der Waals surface area contributed by atoms with Gasteiger partial charge in [0.15, 0.2) is 9.04 Å². The lowest BCUT2D eigenvalue weighted by atomic mass is 10.1. The number of hydrogen-bond acceptors (Lipinski definition) is 1. The van der Waals surface area contributed by atoms with E-state index < -0.39 is 9.04 Å². The van der Waals surface area contributed by atoms with Crippen molar-refractivity contribution in [1.29, 1.82) is 0 Å². The average molecular weight is 220 g/mol. The molecule has 1 aliphatic heterocycles. The third kappa shape index (κ3) is 3.80. The first kappa shape index (κ1) is 10.9. The van der Waals surface area contributed by atoms with Crippen molar-refractivity contribution in [3.63, 3.8) is 0 Å². The molecule has 0 N–H and O–H groups in total. The molecule has 0 radical (unpaired) electrons. The van der Waals surface area contributed by atoms with Crippen molar-refractivity contribution in [2.24, 2.45) is 0 Å². The number of benzene rings is 1. The van der Waals surface area contributed by atoms with Crippen LogP contribution in [0.5, 0.6) is 0 Å². The van der Waals surface area contributed by atoms with Gasteiger partial charge in [0.1, 0.15) is 0 Å². The van der Waals surface area contributed by atoms with Gasteiger partial charge < -0.3 is 4.43 Å². The summed E-state index contributed by atoms with van der Waals surface area (Å²) in [6.07, 6.45) is 5.26. The zero-order valence-electron chi connectivity index (χ0n) is 9.32. The molecule has 1 saturated heterocycles. The number of rotatable bonds is 4. The van der Waals surface area contributed by atoms with Crippen LogP contribution in [0.3, 0.4) is 0 Å². The highest BCUT2D eigenvalue weighted by molar-refractivity contribution is 6.51. The minimum absolute atomic E-state index is 0.767. The van der Waals surface area contributed by atoms with Gasteiger partial charge in [0.25, 0.3) is 0 Å². The van der Waals surface area contributed by atoms with E-state index in [2.05, 4.69) is 30.3 Å². The molecule has 1 aromatic rings. The lowest BCUT2D eigenvalue weighted by molar-refractivity contribution is 0.286. The molecular weight excluding hydrogens is 200 g/mol. The molecule has 0 saturated carbocycles. The second kappa shape index (κ2) is 6.08. The molecule has 15 heavy (non-hydrogen) atoms. The quantitative estimate of drug-likeness (QED) is 0.708. The summed E-state index contributed by atoms with van der Waals surface area (Å²) in [7, 11) is -0.767. The molecule has 1 aromatic carbocycles. The minimum atomic E-state index is -0.767. The highest BCUT2D eigenvalue weighted by Gasteiger charge is 2.15. The van der Waals surface area contributed by atoms with Gasteiger partial charge in [0.05, 0.1) is 0 Å². The van der Waals surface area contributed by atoms with Gasteiger partial charge >= 0.3 is 0 Å². The van der Waals surface area contributed by atoms with Crippen LogP contribution in [0, 0.1) is 0 Å². The van der Waals surface area contributed by atoms with E-state index in [1.54, 1.807) is 0 Å². The Hall–Kier alpha value is -0.603. The Kier molecular flexibility index (Phi) is 4.42. The molecular formula is C13H20OSi. The maximum absolute atomic E-state index is 5.85. The van der Waals surface area contributed by atoms with E-state index in [1.807, 2.05) is 0 Å². The Labute approximate surface area is 94.2 Å². The fourth-order valence-corrected chi connectivity index (χ4v) is 4.74. The van der Waals surface area contributed by atoms with E-state index in [0.29, 0.717) is 0 Å². The van der Waals surface area contributed by atoms with Crippen molar-refractivity contribution in [1.82, 2.24) is 0 Å². The molecule has 2 heteroatoms. The molecule has 0 aromatic heterocycles. The molecule has 1 heterocycles. The van der Waals surface area contributed by atoms with E-state index >= 15 is 0 Å². The fourth-order valence-electron chi connectivity index (χ4n) is 2.21. The molecule has 1 nitrogen and oxygen atoms in total. The van der Waals surface area contributed by atoms with Crippen LogP contribution in [0.1, 0.15) is 24.8 Å². The van der Waals surface area contributed by atoms with E-state index in [-0.39, 0.29) is 0 Å². The summed E-state index contributed by atoms with van der Waals surface area (Å²) < 4.78 is 5.85. The van der Waals surface area contributed by atoms with E-state index in [1.165, 1.54) is 43.3 Å². The van der Waals surface area contributed by atoms with Crippen molar-refractivity contribution >= 4 is 9.04 Å². The van der Waals surface area contributed by atoms with Crippen molar-refractivity contribution in [3.05, 3.63) is 35.9 Å². The number of aryl methyl sites for hydroxylation is 1. The predicted octanol–water partition coefficient (Wildman–Crippen LogP) is 3.15. The largest absolute Gasteiger partial charge is 0.420 e. The Bertz CT molecular complexity index is 267. The minimum Gasteiger partial charge on any atom is -0.420 e. The topological polar surface area (TPSA) is 9.23 Å². The van der Waals surface area contributed by atoms with Crippen LogP contribution in [0.2, 0.25) is 12.1 Å². The van der Waals surface area contributed by atoms with E-state index in [0.717, 1.165) is 6.61 Å². The summed E-state index contributed by atoms with van der Waals surface area (Å²) in [6, 6.07) is 13.6. The number of hydrogen-bond donors (Lipinski definition) is 0.